The molecule has 0 rings (SSSR count). The first-order chi connectivity index (χ1) is 34.9. The second-order valence-corrected chi connectivity index (χ2v) is 18.4. The number of hydrogen-bond donors (Lipinski definition) is 6. The fourth-order valence-corrected chi connectivity index (χ4v) is 5.82. The predicted molar refractivity (Wildman–Crippen MR) is 297 cm³/mol. The van der Waals surface area contributed by atoms with Crippen LogP contribution in [-0.2, 0) is 33.4 Å². The SMILES string of the molecule is C=C(CCC/C=C\C/C=C\C/C=C\C/C=C\C/C=C\CC)OCC(C)(C)[C@@H](O)C(=O)NCCC(=O)O.CC/C=C\C/C=C\C/C=C\C/C=C\C/C=C\C/C=C\CC(=O)OCC(C)(C)[C@@H](O)C(=O)NCCC(=O)O. The molecule has 0 bridgehead atoms. The van der Waals surface area contributed by atoms with Gasteiger partial charge >= 0.3 is 17.9 Å². The van der Waals surface area contributed by atoms with E-state index >= 15 is 0 Å². The van der Waals surface area contributed by atoms with E-state index in [0.29, 0.717) is 18.6 Å². The lowest BCUT2D eigenvalue weighted by Crippen LogP contribution is -2.46. The number of carbonyl (C=O) groups is 5. The van der Waals surface area contributed by atoms with Crippen molar-refractivity contribution >= 4 is 29.7 Å². The maximum absolute atomic E-state index is 12.0. The summed E-state index contributed by atoms with van der Waals surface area (Å²) in [5.41, 5.74) is -1.85. The Labute approximate surface area is 438 Å². The molecule has 6 N–H and O–H groups in total. The number of nitrogens with one attached hydrogen (secondary N) is 2. The lowest BCUT2D eigenvalue weighted by molar-refractivity contribution is -0.152. The van der Waals surface area contributed by atoms with Gasteiger partial charge in [0.05, 0.1) is 38.2 Å². The number of aliphatic hydroxyl groups excluding tert-OH is 2. The monoisotopic (exact) mass is 1020 g/mol. The van der Waals surface area contributed by atoms with E-state index in [0.717, 1.165) is 77.0 Å². The molecule has 408 valence electrons. The number of allylic oxidation sites excluding steroid dienone is 22. The molecule has 0 aliphatic heterocycles. The number of esters is 1. The first-order valence-corrected chi connectivity index (χ1v) is 25.9. The van der Waals surface area contributed by atoms with Gasteiger partial charge in [0, 0.05) is 30.3 Å². The number of carbonyl (C=O) groups excluding carboxylic acids is 3. The van der Waals surface area contributed by atoms with Crippen molar-refractivity contribution < 1.29 is 53.9 Å². The molecule has 0 aromatic rings. The zero-order chi connectivity index (χ0) is 54.9. The van der Waals surface area contributed by atoms with Crippen LogP contribution in [0.15, 0.2) is 146 Å². The summed E-state index contributed by atoms with van der Waals surface area (Å²) in [6.07, 6.45) is 56.7. The van der Waals surface area contributed by atoms with Crippen molar-refractivity contribution in [1.82, 2.24) is 10.6 Å². The van der Waals surface area contributed by atoms with E-state index in [-0.39, 0.29) is 45.6 Å². The molecule has 0 heterocycles. The highest BCUT2D eigenvalue weighted by Crippen LogP contribution is 2.24. The standard InChI is InChI=1S/C30H45NO6.C30H47NO5/c1-4-5-6-7-8-9-10-11-12-13-14-15-16-17-18-19-20-21-22-27(34)37-25-30(2,3)28(35)29(36)31-24-23-26(32)33;1-5-6-7-8-9-10-11-12-13-14-15-16-17-18-19-20-21-22-26(2)36-25-30(3,4)28(34)29(35)31-24-23-27(32)33/h5-6,8-9,11-12,14-15,17-18,20-21,28,35H,4,7,10,13,16,19,22-25H2,1-3H3,(H,31,36)(H,32,33);6-7,9-10,12-13,15-16,18-19,28,34H,2,5,8,11,14,17,20-25H2,1,3-4H3,(H,31,35)(H,32,33)/b6-5-,9-8-,12-11-,15-14-,18-17-,21-20-;7-6-,10-9-,13-12-,16-15-,19-18-/t2*28-/m00/s1. The molecule has 0 radical (unpaired) electrons. The van der Waals surface area contributed by atoms with Crippen LogP contribution in [0.4, 0.5) is 0 Å². The van der Waals surface area contributed by atoms with Crippen molar-refractivity contribution in [3.05, 3.63) is 146 Å². The Balaban J connectivity index is 0. The summed E-state index contributed by atoms with van der Waals surface area (Å²) < 4.78 is 10.9. The molecule has 0 fully saturated rings. The fraction of sp³-hybridized carbons (Fsp3) is 0.517. The highest BCUT2D eigenvalue weighted by Gasteiger charge is 2.35. The van der Waals surface area contributed by atoms with Crippen LogP contribution in [0.2, 0.25) is 0 Å². The Bertz CT molecular complexity index is 1880. The lowest BCUT2D eigenvalue weighted by atomic mass is 9.87. The number of aliphatic hydroxyl groups is 2. The summed E-state index contributed by atoms with van der Waals surface area (Å²) in [7, 11) is 0. The van der Waals surface area contributed by atoms with E-state index < -0.39 is 52.8 Å². The molecular formula is C60H92N2O11. The smallest absolute Gasteiger partial charge is 0.309 e. The van der Waals surface area contributed by atoms with E-state index in [4.69, 9.17) is 19.7 Å². The molecule has 0 spiro atoms. The number of ether oxygens (including phenoxy) is 2. The first-order valence-electron chi connectivity index (χ1n) is 25.9. The maximum atomic E-state index is 12.0. The Hall–Kier alpha value is -6.05. The van der Waals surface area contributed by atoms with E-state index in [9.17, 15) is 34.2 Å². The maximum Gasteiger partial charge on any atom is 0.309 e. The van der Waals surface area contributed by atoms with E-state index in [1.807, 2.05) is 12.2 Å². The number of unbranched alkanes of at least 4 members (excludes halogenated alkanes) is 1. The topological polar surface area (TPSA) is 209 Å². The van der Waals surface area contributed by atoms with Crippen molar-refractivity contribution in [3.63, 3.8) is 0 Å². The lowest BCUT2D eigenvalue weighted by Gasteiger charge is -2.29. The third-order valence-corrected chi connectivity index (χ3v) is 10.4. The van der Waals surface area contributed by atoms with E-state index in [1.54, 1.807) is 33.8 Å². The third kappa shape index (κ3) is 45.5. The molecule has 2 amide bonds. The minimum Gasteiger partial charge on any atom is -0.498 e. The van der Waals surface area contributed by atoms with Crippen LogP contribution in [-0.4, -0.2) is 88.7 Å². The third-order valence-electron chi connectivity index (χ3n) is 10.4. The highest BCUT2D eigenvalue weighted by molar-refractivity contribution is 5.82. The van der Waals surface area contributed by atoms with Crippen LogP contribution in [0, 0.1) is 10.8 Å². The molecule has 0 aliphatic rings. The number of carboxylic acid groups (broad SMARTS) is 2. The first kappa shape index (κ1) is 69.0. The fourth-order valence-electron chi connectivity index (χ4n) is 5.82. The number of amides is 2. The molecule has 2 atom stereocenters. The average Bonchev–Trinajstić information content (AvgIpc) is 3.35. The zero-order valence-corrected chi connectivity index (χ0v) is 45.1. The van der Waals surface area contributed by atoms with Gasteiger partial charge in [-0.3, -0.25) is 24.0 Å². The quantitative estimate of drug-likeness (QED) is 0.0147. The minimum absolute atomic E-state index is 0.0231. The van der Waals surface area contributed by atoms with Crippen molar-refractivity contribution in [2.45, 2.75) is 163 Å². The van der Waals surface area contributed by atoms with Crippen LogP contribution >= 0.6 is 0 Å². The number of carboxylic acids is 2. The van der Waals surface area contributed by atoms with Crippen LogP contribution in [0.25, 0.3) is 0 Å². The molecule has 0 unspecified atom stereocenters. The Morgan fingerprint density at radius 1 is 0.466 bits per heavy atom. The summed E-state index contributed by atoms with van der Waals surface area (Å²) in [5, 5.41) is 42.5. The average molecular weight is 1020 g/mol. The molecule has 13 heteroatoms. The predicted octanol–water partition coefficient (Wildman–Crippen LogP) is 12.0. The molecule has 0 aromatic heterocycles. The molecular weight excluding hydrogens is 925 g/mol. The van der Waals surface area contributed by atoms with Gasteiger partial charge in [-0.15, -0.1) is 0 Å². The Morgan fingerprint density at radius 3 is 1.10 bits per heavy atom. The molecule has 0 aromatic carbocycles. The molecule has 0 saturated heterocycles. The van der Waals surface area contributed by atoms with Crippen LogP contribution in [0.5, 0.6) is 0 Å². The van der Waals surface area contributed by atoms with Gasteiger partial charge in [0.1, 0.15) is 12.2 Å². The molecule has 0 aliphatic carbocycles. The number of aliphatic carboxylic acids is 2. The van der Waals surface area contributed by atoms with Gasteiger partial charge in [-0.2, -0.15) is 0 Å². The molecule has 73 heavy (non-hydrogen) atoms. The van der Waals surface area contributed by atoms with Crippen LogP contribution in [0.3, 0.4) is 0 Å². The van der Waals surface area contributed by atoms with E-state index in [1.165, 1.54) is 0 Å². The second kappa shape index (κ2) is 47.0. The van der Waals surface area contributed by atoms with Gasteiger partial charge in [0.15, 0.2) is 0 Å². The summed E-state index contributed by atoms with van der Waals surface area (Å²) >= 11 is 0. The molecule has 0 saturated carbocycles. The van der Waals surface area contributed by atoms with Gasteiger partial charge < -0.3 is 40.5 Å². The van der Waals surface area contributed by atoms with Crippen molar-refractivity contribution in [1.29, 1.82) is 0 Å². The Morgan fingerprint density at radius 2 is 0.767 bits per heavy atom. The van der Waals surface area contributed by atoms with Gasteiger partial charge in [-0.25, -0.2) is 0 Å². The van der Waals surface area contributed by atoms with Gasteiger partial charge in [0.25, 0.3) is 0 Å². The summed E-state index contributed by atoms with van der Waals surface area (Å²) in [4.78, 5) is 56.9. The Kier molecular flexibility index (Phi) is 44.4. The molecule has 13 nitrogen and oxygen atoms in total. The highest BCUT2D eigenvalue weighted by atomic mass is 16.5. The summed E-state index contributed by atoms with van der Waals surface area (Å²) in [6.45, 7) is 14.7. The number of rotatable bonds is 41. The summed E-state index contributed by atoms with van der Waals surface area (Å²) in [5.74, 6) is -3.18. The van der Waals surface area contributed by atoms with Crippen molar-refractivity contribution in [2.24, 2.45) is 10.8 Å². The van der Waals surface area contributed by atoms with Gasteiger partial charge in [-0.05, 0) is 83.5 Å². The van der Waals surface area contributed by atoms with Gasteiger partial charge in [0.2, 0.25) is 11.8 Å². The second-order valence-electron chi connectivity index (χ2n) is 18.4. The summed E-state index contributed by atoms with van der Waals surface area (Å²) in [6, 6.07) is 0. The van der Waals surface area contributed by atoms with Crippen molar-refractivity contribution in [3.8, 4) is 0 Å². The van der Waals surface area contributed by atoms with Crippen LogP contribution < -0.4 is 10.6 Å². The van der Waals surface area contributed by atoms with Gasteiger partial charge in [-0.1, -0.05) is 182 Å². The van der Waals surface area contributed by atoms with Crippen molar-refractivity contribution in [2.75, 3.05) is 26.3 Å². The van der Waals surface area contributed by atoms with E-state index in [2.05, 4.69) is 147 Å². The van der Waals surface area contributed by atoms with Crippen LogP contribution in [0.1, 0.15) is 151 Å². The normalized spacial score (nSPS) is 13.5. The number of hydrogen-bond acceptors (Lipinski definition) is 9. The largest absolute Gasteiger partial charge is 0.498 e. The zero-order valence-electron chi connectivity index (χ0n) is 45.1. The minimum atomic E-state index is -1.43.